The summed E-state index contributed by atoms with van der Waals surface area (Å²) in [5.41, 5.74) is 1.20. The van der Waals surface area contributed by atoms with Gasteiger partial charge in [-0.3, -0.25) is 9.59 Å². The number of ether oxygens (including phenoxy) is 1. The fraction of sp³-hybridized carbons (Fsp3) is 0.375. The topological polar surface area (TPSA) is 79.5 Å². The first-order chi connectivity index (χ1) is 10.7. The zero-order valence-electron chi connectivity index (χ0n) is 12.4. The molecule has 0 saturated carbocycles. The smallest absolute Gasteiger partial charge is 0.251 e. The van der Waals surface area contributed by atoms with Crippen LogP contribution in [0, 0.1) is 0 Å². The van der Waals surface area contributed by atoms with Gasteiger partial charge in [-0.2, -0.15) is 0 Å². The normalized spacial score (nSPS) is 17.5. The Labute approximate surface area is 129 Å². The molecule has 6 nitrogen and oxygen atoms in total. The first-order valence-electron chi connectivity index (χ1n) is 7.30. The molecule has 0 aliphatic carbocycles. The van der Waals surface area contributed by atoms with Crippen LogP contribution in [-0.2, 0) is 9.53 Å². The standard InChI is InChI=1S/C16H21N3O3/c1-2-7-18-16(21)12-3-5-13(6-4-12)19-15(20)10-14-11-17-8-9-22-14/h2-6,14,17H,1,7-11H2,(H,18,21)(H,19,20). The van der Waals surface area contributed by atoms with E-state index in [0.717, 1.165) is 6.54 Å². The Kier molecular flexibility index (Phi) is 6.12. The molecule has 1 aliphatic heterocycles. The minimum atomic E-state index is -0.167. The van der Waals surface area contributed by atoms with Crippen molar-refractivity contribution in [2.24, 2.45) is 0 Å². The number of amides is 2. The van der Waals surface area contributed by atoms with E-state index in [2.05, 4.69) is 22.5 Å². The van der Waals surface area contributed by atoms with Crippen LogP contribution in [0.15, 0.2) is 36.9 Å². The van der Waals surface area contributed by atoms with Crippen LogP contribution in [0.25, 0.3) is 0 Å². The van der Waals surface area contributed by atoms with Crippen LogP contribution in [0.3, 0.4) is 0 Å². The predicted molar refractivity (Wildman–Crippen MR) is 84.8 cm³/mol. The van der Waals surface area contributed by atoms with Crippen molar-refractivity contribution in [3.63, 3.8) is 0 Å². The van der Waals surface area contributed by atoms with Gasteiger partial charge in [0.2, 0.25) is 5.91 Å². The van der Waals surface area contributed by atoms with Gasteiger partial charge in [0.1, 0.15) is 0 Å². The Morgan fingerprint density at radius 1 is 1.36 bits per heavy atom. The van der Waals surface area contributed by atoms with Gasteiger partial charge in [0.05, 0.1) is 19.1 Å². The van der Waals surface area contributed by atoms with Crippen molar-refractivity contribution >= 4 is 17.5 Å². The summed E-state index contributed by atoms with van der Waals surface area (Å²) < 4.78 is 5.49. The number of rotatable bonds is 6. The van der Waals surface area contributed by atoms with Crippen molar-refractivity contribution in [3.8, 4) is 0 Å². The van der Waals surface area contributed by atoms with Crippen molar-refractivity contribution in [1.29, 1.82) is 0 Å². The number of carbonyl (C=O) groups is 2. The summed E-state index contributed by atoms with van der Waals surface area (Å²) in [6.07, 6.45) is 1.85. The van der Waals surface area contributed by atoms with Crippen molar-refractivity contribution in [1.82, 2.24) is 10.6 Å². The second kappa shape index (κ2) is 8.31. The first kappa shape index (κ1) is 16.2. The van der Waals surface area contributed by atoms with E-state index in [1.807, 2.05) is 0 Å². The third-order valence-electron chi connectivity index (χ3n) is 3.26. The monoisotopic (exact) mass is 303 g/mol. The van der Waals surface area contributed by atoms with Gasteiger partial charge in [-0.1, -0.05) is 6.08 Å². The molecule has 2 rings (SSSR count). The molecule has 3 N–H and O–H groups in total. The van der Waals surface area contributed by atoms with Crippen molar-refractivity contribution < 1.29 is 14.3 Å². The van der Waals surface area contributed by atoms with Crippen molar-refractivity contribution in [3.05, 3.63) is 42.5 Å². The molecule has 1 aromatic carbocycles. The van der Waals surface area contributed by atoms with Crippen LogP contribution in [0.1, 0.15) is 16.8 Å². The van der Waals surface area contributed by atoms with E-state index < -0.39 is 0 Å². The molecule has 1 atom stereocenters. The molecule has 1 unspecified atom stereocenters. The van der Waals surface area contributed by atoms with E-state index in [-0.39, 0.29) is 17.9 Å². The van der Waals surface area contributed by atoms with Gasteiger partial charge in [-0.15, -0.1) is 6.58 Å². The summed E-state index contributed by atoms with van der Waals surface area (Å²) >= 11 is 0. The molecule has 1 fully saturated rings. The number of hydrogen-bond acceptors (Lipinski definition) is 4. The number of hydrogen-bond donors (Lipinski definition) is 3. The van der Waals surface area contributed by atoms with E-state index in [9.17, 15) is 9.59 Å². The molecule has 1 aromatic rings. The maximum atomic E-state index is 11.9. The predicted octanol–water partition coefficient (Wildman–Crippen LogP) is 0.919. The van der Waals surface area contributed by atoms with Gasteiger partial charge in [-0.25, -0.2) is 0 Å². The molecule has 22 heavy (non-hydrogen) atoms. The second-order valence-corrected chi connectivity index (χ2v) is 5.03. The van der Waals surface area contributed by atoms with E-state index in [0.29, 0.717) is 37.4 Å². The second-order valence-electron chi connectivity index (χ2n) is 5.03. The molecule has 0 bridgehead atoms. The molecule has 1 saturated heterocycles. The lowest BCUT2D eigenvalue weighted by atomic mass is 10.1. The van der Waals surface area contributed by atoms with Crippen molar-refractivity contribution in [2.75, 3.05) is 31.6 Å². The fourth-order valence-corrected chi connectivity index (χ4v) is 2.14. The van der Waals surface area contributed by atoms with Gasteiger partial charge in [0, 0.05) is 30.9 Å². The lowest BCUT2D eigenvalue weighted by molar-refractivity contribution is -0.119. The lowest BCUT2D eigenvalue weighted by Crippen LogP contribution is -2.40. The summed E-state index contributed by atoms with van der Waals surface area (Å²) in [7, 11) is 0. The molecule has 1 aliphatic rings. The molecule has 0 radical (unpaired) electrons. The first-order valence-corrected chi connectivity index (χ1v) is 7.30. The highest BCUT2D eigenvalue weighted by Crippen LogP contribution is 2.11. The Bertz CT molecular complexity index is 522. The highest BCUT2D eigenvalue weighted by molar-refractivity contribution is 5.95. The Balaban J connectivity index is 1.83. The number of benzene rings is 1. The molecule has 0 aromatic heterocycles. The van der Waals surface area contributed by atoms with Crippen LogP contribution in [0.2, 0.25) is 0 Å². The average Bonchev–Trinajstić information content (AvgIpc) is 2.54. The molecule has 0 spiro atoms. The number of anilines is 1. The van der Waals surface area contributed by atoms with Gasteiger partial charge < -0.3 is 20.7 Å². The summed E-state index contributed by atoms with van der Waals surface area (Å²) in [6, 6.07) is 6.76. The van der Waals surface area contributed by atoms with E-state index in [1.165, 1.54) is 0 Å². The molecule has 1 heterocycles. The minimum Gasteiger partial charge on any atom is -0.375 e. The summed E-state index contributed by atoms with van der Waals surface area (Å²) in [5.74, 6) is -0.267. The SMILES string of the molecule is C=CCNC(=O)c1ccc(NC(=O)CC2CNCCO2)cc1. The zero-order valence-corrected chi connectivity index (χ0v) is 12.4. The average molecular weight is 303 g/mol. The molecular weight excluding hydrogens is 282 g/mol. The summed E-state index contributed by atoms with van der Waals surface area (Å²) in [6.45, 7) is 6.12. The number of morpholine rings is 1. The summed E-state index contributed by atoms with van der Waals surface area (Å²) in [5, 5.41) is 8.68. The van der Waals surface area contributed by atoms with Crippen LogP contribution >= 0.6 is 0 Å². The van der Waals surface area contributed by atoms with Crippen LogP contribution < -0.4 is 16.0 Å². The Morgan fingerprint density at radius 3 is 2.77 bits per heavy atom. The van der Waals surface area contributed by atoms with E-state index >= 15 is 0 Å². The Morgan fingerprint density at radius 2 is 2.14 bits per heavy atom. The summed E-state index contributed by atoms with van der Waals surface area (Å²) in [4.78, 5) is 23.7. The maximum Gasteiger partial charge on any atom is 0.251 e. The quantitative estimate of drug-likeness (QED) is 0.683. The largest absolute Gasteiger partial charge is 0.375 e. The fourth-order valence-electron chi connectivity index (χ4n) is 2.14. The third-order valence-corrected chi connectivity index (χ3v) is 3.26. The Hall–Kier alpha value is -2.18. The minimum absolute atomic E-state index is 0.0855. The van der Waals surface area contributed by atoms with Gasteiger partial charge in [0.15, 0.2) is 0 Å². The van der Waals surface area contributed by atoms with Gasteiger partial charge in [-0.05, 0) is 24.3 Å². The van der Waals surface area contributed by atoms with Crippen LogP contribution in [-0.4, -0.2) is 44.2 Å². The molecule has 118 valence electrons. The number of carbonyl (C=O) groups excluding carboxylic acids is 2. The molecule has 2 amide bonds. The molecule has 6 heteroatoms. The lowest BCUT2D eigenvalue weighted by Gasteiger charge is -2.23. The number of nitrogens with one attached hydrogen (secondary N) is 3. The van der Waals surface area contributed by atoms with Crippen LogP contribution in [0.5, 0.6) is 0 Å². The maximum absolute atomic E-state index is 11.9. The van der Waals surface area contributed by atoms with Gasteiger partial charge in [0.25, 0.3) is 5.91 Å². The van der Waals surface area contributed by atoms with Gasteiger partial charge >= 0.3 is 0 Å². The van der Waals surface area contributed by atoms with Crippen LogP contribution in [0.4, 0.5) is 5.69 Å². The highest BCUT2D eigenvalue weighted by Gasteiger charge is 2.17. The molecular formula is C16H21N3O3. The highest BCUT2D eigenvalue weighted by atomic mass is 16.5. The third kappa shape index (κ3) is 4.98. The van der Waals surface area contributed by atoms with E-state index in [1.54, 1.807) is 30.3 Å². The van der Waals surface area contributed by atoms with E-state index in [4.69, 9.17) is 4.74 Å². The van der Waals surface area contributed by atoms with Crippen molar-refractivity contribution in [2.45, 2.75) is 12.5 Å². The zero-order chi connectivity index (χ0) is 15.8.